The molecule has 0 aliphatic carbocycles. The summed E-state index contributed by atoms with van der Waals surface area (Å²) in [6, 6.07) is 3.58. The highest BCUT2D eigenvalue weighted by molar-refractivity contribution is 5.94. The van der Waals surface area contributed by atoms with Crippen LogP contribution in [0.25, 0.3) is 0 Å². The number of hydrogen-bond acceptors (Lipinski definition) is 3. The van der Waals surface area contributed by atoms with Gasteiger partial charge in [-0.15, -0.1) is 0 Å². The van der Waals surface area contributed by atoms with E-state index >= 15 is 0 Å². The van der Waals surface area contributed by atoms with Gasteiger partial charge in [-0.05, 0) is 32.9 Å². The molecule has 1 aromatic rings. The zero-order valence-corrected chi connectivity index (χ0v) is 10.5. The van der Waals surface area contributed by atoms with E-state index in [1.165, 1.54) is 0 Å². The number of rotatable bonds is 1. The second kappa shape index (κ2) is 4.45. The van der Waals surface area contributed by atoms with Gasteiger partial charge in [-0.2, -0.15) is 0 Å². The number of aromatic nitrogens is 1. The third-order valence-corrected chi connectivity index (χ3v) is 3.05. The van der Waals surface area contributed by atoms with Gasteiger partial charge in [-0.3, -0.25) is 9.78 Å². The SMILES string of the molecule is C[C@H]1CN(C(=O)c2cccnc2)C(C)(C)CO1. The normalized spacial score (nSPS) is 23.5. The molecule has 92 valence electrons. The summed E-state index contributed by atoms with van der Waals surface area (Å²) in [6.07, 6.45) is 3.37. The molecule has 0 unspecified atom stereocenters. The molecule has 0 bridgehead atoms. The number of nitrogens with zero attached hydrogens (tertiary/aromatic N) is 2. The van der Waals surface area contributed by atoms with E-state index in [9.17, 15) is 4.79 Å². The smallest absolute Gasteiger partial charge is 0.256 e. The summed E-state index contributed by atoms with van der Waals surface area (Å²) in [4.78, 5) is 18.3. The standard InChI is InChI=1S/C13H18N2O2/c1-10-8-15(13(2,3)9-17-10)12(16)11-5-4-6-14-7-11/h4-7,10H,8-9H2,1-3H3/t10-/m0/s1. The Morgan fingerprint density at radius 1 is 1.59 bits per heavy atom. The van der Waals surface area contributed by atoms with Gasteiger partial charge in [0.2, 0.25) is 0 Å². The maximum absolute atomic E-state index is 12.4. The summed E-state index contributed by atoms with van der Waals surface area (Å²) in [5.74, 6) is 0.0262. The number of amides is 1. The molecule has 1 atom stereocenters. The lowest BCUT2D eigenvalue weighted by molar-refractivity contribution is -0.0756. The lowest BCUT2D eigenvalue weighted by atomic mass is 10.00. The van der Waals surface area contributed by atoms with E-state index in [2.05, 4.69) is 4.98 Å². The van der Waals surface area contributed by atoms with Gasteiger partial charge >= 0.3 is 0 Å². The maximum Gasteiger partial charge on any atom is 0.256 e. The molecule has 4 heteroatoms. The Bertz CT molecular complexity index is 403. The van der Waals surface area contributed by atoms with Crippen molar-refractivity contribution >= 4 is 5.91 Å². The molecule has 1 aliphatic rings. The van der Waals surface area contributed by atoms with E-state index < -0.39 is 0 Å². The van der Waals surface area contributed by atoms with Crippen molar-refractivity contribution in [3.05, 3.63) is 30.1 Å². The predicted octanol–water partition coefficient (Wildman–Crippen LogP) is 1.72. The quantitative estimate of drug-likeness (QED) is 0.743. The molecule has 1 amide bonds. The molecule has 0 radical (unpaired) electrons. The van der Waals surface area contributed by atoms with Crippen LogP contribution < -0.4 is 0 Å². The van der Waals surface area contributed by atoms with Crippen LogP contribution in [-0.4, -0.2) is 40.6 Å². The van der Waals surface area contributed by atoms with Crippen molar-refractivity contribution in [2.24, 2.45) is 0 Å². The molecule has 17 heavy (non-hydrogen) atoms. The molecule has 4 nitrogen and oxygen atoms in total. The van der Waals surface area contributed by atoms with Crippen molar-refractivity contribution in [2.45, 2.75) is 32.4 Å². The van der Waals surface area contributed by atoms with Crippen LogP contribution >= 0.6 is 0 Å². The Kier molecular flexibility index (Phi) is 3.15. The number of pyridine rings is 1. The van der Waals surface area contributed by atoms with Crippen molar-refractivity contribution < 1.29 is 9.53 Å². The van der Waals surface area contributed by atoms with Crippen LogP contribution in [0.4, 0.5) is 0 Å². The van der Waals surface area contributed by atoms with Gasteiger partial charge in [0, 0.05) is 18.9 Å². The van der Waals surface area contributed by atoms with E-state index in [0.29, 0.717) is 18.7 Å². The fourth-order valence-electron chi connectivity index (χ4n) is 1.98. The fraction of sp³-hybridized carbons (Fsp3) is 0.538. The van der Waals surface area contributed by atoms with Gasteiger partial charge in [-0.25, -0.2) is 0 Å². The highest BCUT2D eigenvalue weighted by atomic mass is 16.5. The van der Waals surface area contributed by atoms with Crippen LogP contribution in [0, 0.1) is 0 Å². The summed E-state index contributed by atoms with van der Waals surface area (Å²) in [5, 5.41) is 0. The van der Waals surface area contributed by atoms with Crippen molar-refractivity contribution in [1.29, 1.82) is 0 Å². The van der Waals surface area contributed by atoms with Gasteiger partial charge in [0.15, 0.2) is 0 Å². The number of hydrogen-bond donors (Lipinski definition) is 0. The Balaban J connectivity index is 2.23. The minimum absolute atomic E-state index is 0.0262. The summed E-state index contributed by atoms with van der Waals surface area (Å²) in [7, 11) is 0. The fourth-order valence-corrected chi connectivity index (χ4v) is 1.98. The largest absolute Gasteiger partial charge is 0.374 e. The molecule has 0 N–H and O–H groups in total. The Labute approximate surface area is 102 Å². The first-order valence-corrected chi connectivity index (χ1v) is 5.84. The molecule has 0 saturated carbocycles. The zero-order valence-electron chi connectivity index (χ0n) is 10.5. The van der Waals surface area contributed by atoms with E-state index in [0.717, 1.165) is 0 Å². The molecule has 0 spiro atoms. The lowest BCUT2D eigenvalue weighted by Crippen LogP contribution is -2.57. The van der Waals surface area contributed by atoms with Crippen LogP contribution in [0.1, 0.15) is 31.1 Å². The second-order valence-electron chi connectivity index (χ2n) is 5.09. The first kappa shape index (κ1) is 12.0. The van der Waals surface area contributed by atoms with E-state index in [-0.39, 0.29) is 17.6 Å². The van der Waals surface area contributed by atoms with E-state index in [1.54, 1.807) is 24.5 Å². The summed E-state index contributed by atoms with van der Waals surface area (Å²) < 4.78 is 5.60. The molecule has 1 aliphatic heterocycles. The molecule has 2 rings (SSSR count). The van der Waals surface area contributed by atoms with Crippen molar-refractivity contribution in [2.75, 3.05) is 13.2 Å². The number of carbonyl (C=O) groups excluding carboxylic acids is 1. The molecule has 1 aromatic heterocycles. The first-order valence-electron chi connectivity index (χ1n) is 5.84. The van der Waals surface area contributed by atoms with Crippen molar-refractivity contribution in [1.82, 2.24) is 9.88 Å². The van der Waals surface area contributed by atoms with Gasteiger partial charge in [0.1, 0.15) is 0 Å². The second-order valence-corrected chi connectivity index (χ2v) is 5.09. The molecule has 1 saturated heterocycles. The summed E-state index contributed by atoms with van der Waals surface area (Å²) >= 11 is 0. The predicted molar refractivity (Wildman–Crippen MR) is 64.8 cm³/mol. The third kappa shape index (κ3) is 2.47. The monoisotopic (exact) mass is 234 g/mol. The molecule has 2 heterocycles. The van der Waals surface area contributed by atoms with Crippen molar-refractivity contribution in [3.63, 3.8) is 0 Å². The van der Waals surface area contributed by atoms with Gasteiger partial charge in [-0.1, -0.05) is 0 Å². The first-order chi connectivity index (χ1) is 8.00. The Morgan fingerprint density at radius 3 is 3.00 bits per heavy atom. The van der Waals surface area contributed by atoms with Gasteiger partial charge in [0.05, 0.1) is 23.8 Å². The Hall–Kier alpha value is -1.42. The summed E-state index contributed by atoms with van der Waals surface area (Å²) in [5.41, 5.74) is 0.370. The minimum Gasteiger partial charge on any atom is -0.374 e. The van der Waals surface area contributed by atoms with Crippen LogP contribution in [0.5, 0.6) is 0 Å². The van der Waals surface area contributed by atoms with E-state index in [4.69, 9.17) is 4.74 Å². The molecular formula is C13H18N2O2. The third-order valence-electron chi connectivity index (χ3n) is 3.05. The minimum atomic E-state index is -0.264. The lowest BCUT2D eigenvalue weighted by Gasteiger charge is -2.44. The van der Waals surface area contributed by atoms with Crippen molar-refractivity contribution in [3.8, 4) is 0 Å². The van der Waals surface area contributed by atoms with Crippen LogP contribution in [-0.2, 0) is 4.74 Å². The topological polar surface area (TPSA) is 42.4 Å². The average molecular weight is 234 g/mol. The van der Waals surface area contributed by atoms with Crippen LogP contribution in [0.15, 0.2) is 24.5 Å². The molecule has 1 fully saturated rings. The summed E-state index contributed by atoms with van der Waals surface area (Å²) in [6.45, 7) is 7.22. The maximum atomic E-state index is 12.4. The zero-order chi connectivity index (χ0) is 12.5. The highest BCUT2D eigenvalue weighted by Gasteiger charge is 2.37. The number of morpholine rings is 1. The number of ether oxygens (including phenoxy) is 1. The molecule has 0 aromatic carbocycles. The van der Waals surface area contributed by atoms with Crippen LogP contribution in [0.2, 0.25) is 0 Å². The number of carbonyl (C=O) groups is 1. The van der Waals surface area contributed by atoms with Gasteiger partial charge in [0.25, 0.3) is 5.91 Å². The highest BCUT2D eigenvalue weighted by Crippen LogP contribution is 2.23. The van der Waals surface area contributed by atoms with E-state index in [1.807, 2.05) is 25.7 Å². The molecular weight excluding hydrogens is 216 g/mol. The Morgan fingerprint density at radius 2 is 2.35 bits per heavy atom. The average Bonchev–Trinajstić information content (AvgIpc) is 2.33. The van der Waals surface area contributed by atoms with Crippen LogP contribution in [0.3, 0.4) is 0 Å². The van der Waals surface area contributed by atoms with Gasteiger partial charge < -0.3 is 9.64 Å².